The minimum Gasteiger partial charge on any atom is -0.481 e. The van der Waals surface area contributed by atoms with E-state index in [0.717, 1.165) is 5.01 Å². The fraction of sp³-hybridized carbons (Fsp3) is 0.615. The number of rotatable bonds is 3. The summed E-state index contributed by atoms with van der Waals surface area (Å²) in [6.07, 6.45) is 1.65. The molecule has 2 heterocycles. The first kappa shape index (κ1) is 14.0. The maximum atomic E-state index is 12.2. The molecular formula is C13H18N2O3S. The molecule has 1 amide bonds. The van der Waals surface area contributed by atoms with Crippen molar-refractivity contribution in [3.63, 3.8) is 0 Å². The minimum atomic E-state index is -0.744. The Morgan fingerprint density at radius 2 is 2.11 bits per heavy atom. The molecule has 1 aromatic heterocycles. The standard InChI is InChI=1S/C13H18N2O3S/c1-3-13(12(17)18)4-6-15(7-5-13)11(16)10-8-19-9(2)14-10/h8H,3-7H2,1-2H3,(H,17,18). The lowest BCUT2D eigenvalue weighted by Crippen LogP contribution is -2.46. The first-order valence-electron chi connectivity index (χ1n) is 6.43. The fourth-order valence-electron chi connectivity index (χ4n) is 2.48. The van der Waals surface area contributed by atoms with Gasteiger partial charge in [-0.25, -0.2) is 4.98 Å². The van der Waals surface area contributed by atoms with Crippen molar-refractivity contribution in [2.75, 3.05) is 13.1 Å². The van der Waals surface area contributed by atoms with Crippen LogP contribution in [0.5, 0.6) is 0 Å². The summed E-state index contributed by atoms with van der Waals surface area (Å²) in [7, 11) is 0. The predicted octanol–water partition coefficient (Wildman–Crippen LogP) is 2.17. The molecule has 0 saturated carbocycles. The summed E-state index contributed by atoms with van der Waals surface area (Å²) in [5.74, 6) is -0.828. The smallest absolute Gasteiger partial charge is 0.309 e. The molecule has 0 spiro atoms. The van der Waals surface area contributed by atoms with Gasteiger partial charge in [0.15, 0.2) is 0 Å². The zero-order valence-corrected chi connectivity index (χ0v) is 12.0. The minimum absolute atomic E-state index is 0.0839. The van der Waals surface area contributed by atoms with E-state index in [1.165, 1.54) is 11.3 Å². The van der Waals surface area contributed by atoms with Gasteiger partial charge in [-0.3, -0.25) is 9.59 Å². The highest BCUT2D eigenvalue weighted by Gasteiger charge is 2.41. The molecule has 0 aliphatic carbocycles. The molecule has 5 nitrogen and oxygen atoms in total. The average molecular weight is 282 g/mol. The highest BCUT2D eigenvalue weighted by Crippen LogP contribution is 2.35. The molecule has 0 aromatic carbocycles. The quantitative estimate of drug-likeness (QED) is 0.922. The molecule has 6 heteroatoms. The van der Waals surface area contributed by atoms with Gasteiger partial charge >= 0.3 is 5.97 Å². The third-order valence-corrected chi connectivity index (χ3v) is 4.75. The number of thiazole rings is 1. The number of aromatic nitrogens is 1. The normalized spacial score (nSPS) is 18.3. The summed E-state index contributed by atoms with van der Waals surface area (Å²) >= 11 is 1.45. The molecule has 0 radical (unpaired) electrons. The number of piperidine rings is 1. The SMILES string of the molecule is CCC1(C(=O)O)CCN(C(=O)c2csc(C)n2)CC1. The lowest BCUT2D eigenvalue weighted by molar-refractivity contribution is -0.152. The summed E-state index contributed by atoms with van der Waals surface area (Å²) in [6.45, 7) is 4.75. The van der Waals surface area contributed by atoms with E-state index in [0.29, 0.717) is 38.0 Å². The first-order chi connectivity index (χ1) is 8.98. The van der Waals surface area contributed by atoms with Crippen LogP contribution >= 0.6 is 11.3 Å². The molecule has 1 fully saturated rings. The molecule has 1 aromatic rings. The van der Waals surface area contributed by atoms with Crippen molar-refractivity contribution in [1.29, 1.82) is 0 Å². The number of aryl methyl sites for hydroxylation is 1. The Morgan fingerprint density at radius 3 is 2.53 bits per heavy atom. The highest BCUT2D eigenvalue weighted by atomic mass is 32.1. The van der Waals surface area contributed by atoms with Crippen LogP contribution in [0.1, 0.15) is 41.7 Å². The second-order valence-electron chi connectivity index (χ2n) is 4.98. The van der Waals surface area contributed by atoms with Crippen molar-refractivity contribution in [3.05, 3.63) is 16.1 Å². The van der Waals surface area contributed by atoms with Gasteiger partial charge in [-0.15, -0.1) is 11.3 Å². The molecule has 2 rings (SSSR count). The van der Waals surface area contributed by atoms with Gasteiger partial charge in [0.2, 0.25) is 0 Å². The molecule has 1 aliphatic heterocycles. The summed E-state index contributed by atoms with van der Waals surface area (Å²) in [6, 6.07) is 0. The van der Waals surface area contributed by atoms with Gasteiger partial charge in [-0.2, -0.15) is 0 Å². The van der Waals surface area contributed by atoms with E-state index in [2.05, 4.69) is 4.98 Å². The third kappa shape index (κ3) is 2.63. The van der Waals surface area contributed by atoms with Crippen LogP contribution in [-0.4, -0.2) is 40.0 Å². The number of carbonyl (C=O) groups is 2. The number of carboxylic acids is 1. The summed E-state index contributed by atoms with van der Waals surface area (Å²) < 4.78 is 0. The van der Waals surface area contributed by atoms with Crippen LogP contribution < -0.4 is 0 Å². The van der Waals surface area contributed by atoms with Crippen LogP contribution in [0.4, 0.5) is 0 Å². The summed E-state index contributed by atoms with van der Waals surface area (Å²) in [5, 5.41) is 11.9. The Hall–Kier alpha value is -1.43. The van der Waals surface area contributed by atoms with Gasteiger partial charge in [0.1, 0.15) is 5.69 Å². The van der Waals surface area contributed by atoms with Crippen LogP contribution in [0.25, 0.3) is 0 Å². The van der Waals surface area contributed by atoms with Gasteiger partial charge in [-0.1, -0.05) is 6.92 Å². The van der Waals surface area contributed by atoms with Gasteiger partial charge in [0.05, 0.1) is 10.4 Å². The zero-order chi connectivity index (χ0) is 14.0. The van der Waals surface area contributed by atoms with Crippen LogP contribution in [-0.2, 0) is 4.79 Å². The summed E-state index contributed by atoms with van der Waals surface area (Å²) in [5.41, 5.74) is -0.184. The number of hydrogen-bond donors (Lipinski definition) is 1. The van der Waals surface area contributed by atoms with Crippen LogP contribution in [0.15, 0.2) is 5.38 Å². The molecule has 0 bridgehead atoms. The summed E-state index contributed by atoms with van der Waals surface area (Å²) in [4.78, 5) is 29.5. The van der Waals surface area contributed by atoms with Crippen molar-refractivity contribution in [3.8, 4) is 0 Å². The predicted molar refractivity (Wildman–Crippen MR) is 72.3 cm³/mol. The second kappa shape index (κ2) is 5.28. The Kier molecular flexibility index (Phi) is 3.89. The molecule has 1 aliphatic rings. The van der Waals surface area contributed by atoms with Crippen molar-refractivity contribution in [2.45, 2.75) is 33.1 Å². The lowest BCUT2D eigenvalue weighted by atomic mass is 9.76. The number of nitrogens with zero attached hydrogens (tertiary/aromatic N) is 2. The van der Waals surface area contributed by atoms with Crippen molar-refractivity contribution in [1.82, 2.24) is 9.88 Å². The third-order valence-electron chi connectivity index (χ3n) is 3.98. The van der Waals surface area contributed by atoms with Gasteiger partial charge < -0.3 is 10.0 Å². The zero-order valence-electron chi connectivity index (χ0n) is 11.2. The fourth-order valence-corrected chi connectivity index (χ4v) is 3.07. The van der Waals surface area contributed by atoms with Crippen LogP contribution in [0.2, 0.25) is 0 Å². The van der Waals surface area contributed by atoms with E-state index in [-0.39, 0.29) is 5.91 Å². The number of hydrogen-bond acceptors (Lipinski definition) is 4. The van der Waals surface area contributed by atoms with Gasteiger partial charge in [-0.05, 0) is 26.2 Å². The monoisotopic (exact) mass is 282 g/mol. The van der Waals surface area contributed by atoms with Gasteiger partial charge in [0, 0.05) is 18.5 Å². The first-order valence-corrected chi connectivity index (χ1v) is 7.31. The number of likely N-dealkylation sites (tertiary alicyclic amines) is 1. The van der Waals surface area contributed by atoms with E-state index < -0.39 is 11.4 Å². The van der Waals surface area contributed by atoms with Crippen molar-refractivity contribution >= 4 is 23.2 Å². The van der Waals surface area contributed by atoms with E-state index in [9.17, 15) is 14.7 Å². The number of amides is 1. The Labute approximate surface area is 116 Å². The number of carbonyl (C=O) groups excluding carboxylic acids is 1. The largest absolute Gasteiger partial charge is 0.481 e. The highest BCUT2D eigenvalue weighted by molar-refractivity contribution is 7.09. The molecule has 0 unspecified atom stereocenters. The van der Waals surface area contributed by atoms with Crippen LogP contribution in [0, 0.1) is 12.3 Å². The number of carboxylic acid groups (broad SMARTS) is 1. The van der Waals surface area contributed by atoms with E-state index in [1.807, 2.05) is 13.8 Å². The van der Waals surface area contributed by atoms with E-state index in [1.54, 1.807) is 10.3 Å². The molecule has 1 N–H and O–H groups in total. The van der Waals surface area contributed by atoms with E-state index in [4.69, 9.17) is 0 Å². The van der Waals surface area contributed by atoms with E-state index >= 15 is 0 Å². The van der Waals surface area contributed by atoms with Crippen LogP contribution in [0.3, 0.4) is 0 Å². The molecule has 1 saturated heterocycles. The second-order valence-corrected chi connectivity index (χ2v) is 6.05. The number of aliphatic carboxylic acids is 1. The van der Waals surface area contributed by atoms with Crippen molar-refractivity contribution in [2.24, 2.45) is 5.41 Å². The molecular weight excluding hydrogens is 264 g/mol. The molecule has 104 valence electrons. The molecule has 0 atom stereocenters. The molecule has 19 heavy (non-hydrogen) atoms. The Bertz CT molecular complexity index is 490. The Balaban J connectivity index is 2.04. The maximum absolute atomic E-state index is 12.2. The van der Waals surface area contributed by atoms with Crippen molar-refractivity contribution < 1.29 is 14.7 Å². The lowest BCUT2D eigenvalue weighted by Gasteiger charge is -2.38. The van der Waals surface area contributed by atoms with Gasteiger partial charge in [0.25, 0.3) is 5.91 Å². The average Bonchev–Trinajstić information content (AvgIpc) is 2.84. The Morgan fingerprint density at radius 1 is 1.47 bits per heavy atom. The maximum Gasteiger partial charge on any atom is 0.309 e. The topological polar surface area (TPSA) is 70.5 Å².